The third kappa shape index (κ3) is 6.62. The van der Waals surface area contributed by atoms with Crippen LogP contribution in [0.2, 0.25) is 0 Å². The number of ether oxygens (including phenoxy) is 1. The van der Waals surface area contributed by atoms with Crippen LogP contribution in [0.1, 0.15) is 20.8 Å². The summed E-state index contributed by atoms with van der Waals surface area (Å²) in [4.78, 5) is 25.2. The van der Waals surface area contributed by atoms with Crippen LogP contribution < -0.4 is 10.1 Å². The fourth-order valence-electron chi connectivity index (χ4n) is 1.68. The van der Waals surface area contributed by atoms with Crippen molar-refractivity contribution in [2.45, 2.75) is 26.8 Å². The molecule has 0 spiro atoms. The lowest BCUT2D eigenvalue weighted by atomic mass is 10.3. The first-order valence-corrected chi connectivity index (χ1v) is 7.67. The number of nitrogens with zero attached hydrogens (tertiary/aromatic N) is 1. The minimum Gasteiger partial charge on any atom is -0.484 e. The lowest BCUT2D eigenvalue weighted by Gasteiger charge is -2.21. The lowest BCUT2D eigenvalue weighted by molar-refractivity contribution is -0.137. The van der Waals surface area contributed by atoms with Gasteiger partial charge in [-0.2, -0.15) is 0 Å². The van der Waals surface area contributed by atoms with Crippen LogP contribution in [0.4, 0.5) is 0 Å². The van der Waals surface area contributed by atoms with Crippen molar-refractivity contribution in [1.82, 2.24) is 10.2 Å². The van der Waals surface area contributed by atoms with Crippen LogP contribution in [0.5, 0.6) is 5.75 Å². The molecule has 1 aromatic carbocycles. The van der Waals surface area contributed by atoms with Gasteiger partial charge in [0.2, 0.25) is 5.91 Å². The molecule has 1 rings (SSSR count). The molecule has 0 saturated carbocycles. The van der Waals surface area contributed by atoms with Crippen LogP contribution in [0.25, 0.3) is 0 Å². The van der Waals surface area contributed by atoms with E-state index in [9.17, 15) is 9.59 Å². The summed E-state index contributed by atoms with van der Waals surface area (Å²) in [6.07, 6.45) is 0. The van der Waals surface area contributed by atoms with E-state index in [1.807, 2.05) is 32.9 Å². The lowest BCUT2D eigenvalue weighted by Crippen LogP contribution is -2.44. The van der Waals surface area contributed by atoms with Gasteiger partial charge in [0.05, 0.1) is 6.54 Å². The van der Waals surface area contributed by atoms with Crippen molar-refractivity contribution in [3.8, 4) is 5.75 Å². The Hall–Kier alpha value is -1.56. The van der Waals surface area contributed by atoms with Crippen LogP contribution in [0.3, 0.4) is 0 Å². The number of hydrogen-bond acceptors (Lipinski definition) is 3. The SMILES string of the molecule is CCN(CC(=O)NC(C)C)C(=O)COc1ccc(Br)cc1. The third-order valence-electron chi connectivity index (χ3n) is 2.69. The predicted octanol–water partition coefficient (Wildman–Crippen LogP) is 2.20. The standard InChI is InChI=1S/C15H21BrN2O3/c1-4-18(9-14(19)17-11(2)3)15(20)10-21-13-7-5-12(16)6-8-13/h5-8,11H,4,9-10H2,1-3H3,(H,17,19). The van der Waals surface area contributed by atoms with Crippen molar-refractivity contribution < 1.29 is 14.3 Å². The van der Waals surface area contributed by atoms with Gasteiger partial charge in [-0.3, -0.25) is 9.59 Å². The van der Waals surface area contributed by atoms with Crippen molar-refractivity contribution in [2.75, 3.05) is 19.7 Å². The van der Waals surface area contributed by atoms with Gasteiger partial charge in [-0.1, -0.05) is 15.9 Å². The summed E-state index contributed by atoms with van der Waals surface area (Å²) in [6.45, 7) is 6.04. The number of halogens is 1. The summed E-state index contributed by atoms with van der Waals surface area (Å²) in [5, 5.41) is 2.76. The smallest absolute Gasteiger partial charge is 0.260 e. The van der Waals surface area contributed by atoms with Crippen molar-refractivity contribution in [1.29, 1.82) is 0 Å². The zero-order valence-corrected chi connectivity index (χ0v) is 14.1. The zero-order valence-electron chi connectivity index (χ0n) is 12.6. The van der Waals surface area contributed by atoms with Crippen LogP contribution in [0.15, 0.2) is 28.7 Å². The monoisotopic (exact) mass is 356 g/mol. The molecule has 0 aromatic heterocycles. The summed E-state index contributed by atoms with van der Waals surface area (Å²) < 4.78 is 6.37. The second-order valence-corrected chi connectivity index (χ2v) is 5.79. The Kier molecular flexibility index (Phi) is 7.22. The first-order valence-electron chi connectivity index (χ1n) is 6.88. The van der Waals surface area contributed by atoms with E-state index in [-0.39, 0.29) is 31.0 Å². The van der Waals surface area contributed by atoms with Gasteiger partial charge in [-0.25, -0.2) is 0 Å². The maximum atomic E-state index is 12.0. The Morgan fingerprint density at radius 2 is 1.90 bits per heavy atom. The number of hydrogen-bond donors (Lipinski definition) is 1. The van der Waals surface area contributed by atoms with Gasteiger partial charge >= 0.3 is 0 Å². The zero-order chi connectivity index (χ0) is 15.8. The Bertz CT molecular complexity index is 474. The molecule has 0 fully saturated rings. The molecule has 116 valence electrons. The van der Waals surface area contributed by atoms with Crippen LogP contribution in [0, 0.1) is 0 Å². The molecule has 0 radical (unpaired) electrons. The van der Waals surface area contributed by atoms with Gasteiger partial charge < -0.3 is 15.0 Å². The van der Waals surface area contributed by atoms with Crippen LogP contribution in [-0.4, -0.2) is 42.5 Å². The highest BCUT2D eigenvalue weighted by Crippen LogP contribution is 2.16. The fraction of sp³-hybridized carbons (Fsp3) is 0.467. The Morgan fingerprint density at radius 1 is 1.29 bits per heavy atom. The third-order valence-corrected chi connectivity index (χ3v) is 3.22. The van der Waals surface area contributed by atoms with E-state index in [1.54, 1.807) is 12.1 Å². The minimum atomic E-state index is -0.209. The van der Waals surface area contributed by atoms with Gasteiger partial charge in [0.1, 0.15) is 5.75 Å². The highest BCUT2D eigenvalue weighted by Gasteiger charge is 2.16. The summed E-state index contributed by atoms with van der Waals surface area (Å²) in [6, 6.07) is 7.30. The number of benzene rings is 1. The van der Waals surface area contributed by atoms with Gasteiger partial charge in [-0.15, -0.1) is 0 Å². The second-order valence-electron chi connectivity index (χ2n) is 4.87. The average Bonchev–Trinajstić information content (AvgIpc) is 2.43. The van der Waals surface area contributed by atoms with Gasteiger partial charge in [-0.05, 0) is 45.0 Å². The summed E-state index contributed by atoms with van der Waals surface area (Å²) >= 11 is 3.33. The molecule has 0 aliphatic heterocycles. The minimum absolute atomic E-state index is 0.0528. The molecule has 6 heteroatoms. The number of carbonyl (C=O) groups excluding carboxylic acids is 2. The van der Waals surface area contributed by atoms with E-state index in [0.717, 1.165) is 4.47 Å². The summed E-state index contributed by atoms with van der Waals surface area (Å²) in [7, 11) is 0. The number of amides is 2. The van der Waals surface area contributed by atoms with E-state index < -0.39 is 0 Å². The molecule has 0 heterocycles. The molecule has 1 aromatic rings. The van der Waals surface area contributed by atoms with E-state index in [1.165, 1.54) is 4.90 Å². The van der Waals surface area contributed by atoms with Gasteiger partial charge in [0.15, 0.2) is 6.61 Å². The van der Waals surface area contributed by atoms with Crippen molar-refractivity contribution >= 4 is 27.7 Å². The number of nitrogens with one attached hydrogen (secondary N) is 1. The Labute approximate surface area is 133 Å². The van der Waals surface area contributed by atoms with Crippen LogP contribution >= 0.6 is 15.9 Å². The number of carbonyl (C=O) groups is 2. The number of likely N-dealkylation sites (N-methyl/N-ethyl adjacent to an activating group) is 1. The maximum Gasteiger partial charge on any atom is 0.260 e. The van der Waals surface area contributed by atoms with Crippen molar-refractivity contribution in [3.63, 3.8) is 0 Å². The second kappa shape index (κ2) is 8.67. The van der Waals surface area contributed by atoms with E-state index >= 15 is 0 Å². The first-order chi connectivity index (χ1) is 9.92. The van der Waals surface area contributed by atoms with E-state index in [0.29, 0.717) is 12.3 Å². The van der Waals surface area contributed by atoms with Crippen molar-refractivity contribution in [2.24, 2.45) is 0 Å². The van der Waals surface area contributed by atoms with Crippen molar-refractivity contribution in [3.05, 3.63) is 28.7 Å². The topological polar surface area (TPSA) is 58.6 Å². The largest absolute Gasteiger partial charge is 0.484 e. The Balaban J connectivity index is 2.47. The highest BCUT2D eigenvalue weighted by molar-refractivity contribution is 9.10. The fourth-order valence-corrected chi connectivity index (χ4v) is 1.95. The molecular formula is C15H21BrN2O3. The number of rotatable bonds is 7. The van der Waals surface area contributed by atoms with Gasteiger partial charge in [0.25, 0.3) is 5.91 Å². The normalized spacial score (nSPS) is 10.3. The molecule has 0 aliphatic carbocycles. The van der Waals surface area contributed by atoms with Crippen LogP contribution in [-0.2, 0) is 9.59 Å². The first kappa shape index (κ1) is 17.5. The quantitative estimate of drug-likeness (QED) is 0.814. The highest BCUT2D eigenvalue weighted by atomic mass is 79.9. The maximum absolute atomic E-state index is 12.0. The predicted molar refractivity (Wildman–Crippen MR) is 85.2 cm³/mol. The molecular weight excluding hydrogens is 336 g/mol. The van der Waals surface area contributed by atoms with Gasteiger partial charge in [0, 0.05) is 17.1 Å². The molecule has 0 aliphatic rings. The summed E-state index contributed by atoms with van der Waals surface area (Å²) in [5.41, 5.74) is 0. The molecule has 1 N–H and O–H groups in total. The molecule has 0 atom stereocenters. The Morgan fingerprint density at radius 3 is 2.43 bits per heavy atom. The molecule has 0 saturated heterocycles. The molecule has 0 bridgehead atoms. The molecule has 21 heavy (non-hydrogen) atoms. The molecule has 5 nitrogen and oxygen atoms in total. The average molecular weight is 357 g/mol. The van der Waals surface area contributed by atoms with E-state index in [2.05, 4.69) is 21.2 Å². The summed E-state index contributed by atoms with van der Waals surface area (Å²) in [5.74, 6) is 0.248. The molecule has 2 amide bonds. The molecule has 0 unspecified atom stereocenters. The van der Waals surface area contributed by atoms with E-state index in [4.69, 9.17) is 4.74 Å².